The van der Waals surface area contributed by atoms with Crippen LogP contribution in [0.2, 0.25) is 0 Å². The Kier molecular flexibility index (Phi) is 7.73. The Labute approximate surface area is 250 Å². The van der Waals surface area contributed by atoms with Crippen molar-refractivity contribution in [2.24, 2.45) is 5.92 Å². The van der Waals surface area contributed by atoms with Crippen molar-refractivity contribution in [1.82, 2.24) is 10.2 Å². The lowest BCUT2D eigenvalue weighted by Gasteiger charge is -2.43. The van der Waals surface area contributed by atoms with Crippen molar-refractivity contribution in [2.45, 2.75) is 71.9 Å². The van der Waals surface area contributed by atoms with Crippen molar-refractivity contribution in [3.63, 3.8) is 0 Å². The van der Waals surface area contributed by atoms with Crippen molar-refractivity contribution in [3.05, 3.63) is 65.0 Å². The number of imide groups is 1. The largest absolute Gasteiger partial charge is 0.469 e. The molecule has 0 bridgehead atoms. The van der Waals surface area contributed by atoms with Gasteiger partial charge < -0.3 is 10.1 Å². The number of nitrogens with zero attached hydrogens (tertiary/aromatic N) is 1. The molecule has 0 radical (unpaired) electrons. The number of urea groups is 1. The maximum absolute atomic E-state index is 15.0. The normalized spacial score (nSPS) is 25.5. The highest BCUT2D eigenvalue weighted by molar-refractivity contribution is 7.92. The quantitative estimate of drug-likeness (QED) is 0.201. The van der Waals surface area contributed by atoms with Crippen LogP contribution >= 0.6 is 0 Å². The number of halogens is 8. The highest BCUT2D eigenvalue weighted by atomic mass is 32.2. The van der Waals surface area contributed by atoms with Gasteiger partial charge in [-0.15, -0.1) is 0 Å². The third kappa shape index (κ3) is 4.76. The summed E-state index contributed by atoms with van der Waals surface area (Å²) in [5.41, 5.74) is -8.07. The molecule has 45 heavy (non-hydrogen) atoms. The fourth-order valence-electron chi connectivity index (χ4n) is 6.91. The molecule has 0 spiro atoms. The van der Waals surface area contributed by atoms with Crippen molar-refractivity contribution in [2.75, 3.05) is 7.11 Å². The summed E-state index contributed by atoms with van der Waals surface area (Å²) in [6.45, 7) is 0. The number of aryl methyl sites for hydroxylation is 1. The van der Waals surface area contributed by atoms with Gasteiger partial charge in [0.2, 0.25) is 0 Å². The van der Waals surface area contributed by atoms with E-state index < -0.39 is 91.2 Å². The van der Waals surface area contributed by atoms with Crippen molar-refractivity contribution in [1.29, 1.82) is 0 Å². The number of carbonyl (C=O) groups is 3. The van der Waals surface area contributed by atoms with E-state index in [4.69, 9.17) is 0 Å². The third-order valence-corrected chi connectivity index (χ3v) is 11.5. The number of nitrogens with one attached hydrogen (secondary N) is 1. The fourth-order valence-corrected chi connectivity index (χ4v) is 9.37. The summed E-state index contributed by atoms with van der Waals surface area (Å²) >= 11 is 0. The summed E-state index contributed by atoms with van der Waals surface area (Å²) in [4.78, 5) is 38.4. The molecule has 2 fully saturated rings. The summed E-state index contributed by atoms with van der Waals surface area (Å²) < 4.78 is 141. The van der Waals surface area contributed by atoms with Gasteiger partial charge in [0, 0.05) is 17.5 Å². The predicted molar refractivity (Wildman–Crippen MR) is 137 cm³/mol. The number of rotatable bonds is 6. The van der Waals surface area contributed by atoms with Gasteiger partial charge in [-0.2, -0.15) is 26.3 Å². The molecule has 8 nitrogen and oxygen atoms in total. The number of hydrogen-bond donors (Lipinski definition) is 1. The van der Waals surface area contributed by atoms with Crippen LogP contribution in [-0.2, 0) is 41.0 Å². The Balaban J connectivity index is 1.67. The molecule has 2 aromatic carbocycles. The Hall–Kier alpha value is -3.76. The highest BCUT2D eigenvalue weighted by Crippen LogP contribution is 2.60. The zero-order valence-electron chi connectivity index (χ0n) is 23.1. The number of carbonyl (C=O) groups excluding carboxylic acids is 3. The van der Waals surface area contributed by atoms with Crippen molar-refractivity contribution >= 4 is 27.7 Å². The Morgan fingerprint density at radius 1 is 1.00 bits per heavy atom. The van der Waals surface area contributed by atoms with E-state index >= 15 is 0 Å². The molecule has 17 heteroatoms. The molecule has 1 saturated heterocycles. The van der Waals surface area contributed by atoms with Crippen LogP contribution in [0.25, 0.3) is 0 Å². The number of methoxy groups -OCH3 is 1. The molecule has 1 saturated carbocycles. The number of amides is 3. The Bertz CT molecular complexity index is 1650. The van der Waals surface area contributed by atoms with E-state index in [-0.39, 0.29) is 42.9 Å². The van der Waals surface area contributed by atoms with Gasteiger partial charge in [0.1, 0.15) is 16.6 Å². The third-order valence-electron chi connectivity index (χ3n) is 8.93. The molecule has 1 aliphatic heterocycles. The van der Waals surface area contributed by atoms with Crippen LogP contribution in [0.3, 0.4) is 0 Å². The van der Waals surface area contributed by atoms with Gasteiger partial charge in [0.15, 0.2) is 9.84 Å². The monoisotopic (exact) mass is 668 g/mol. The Morgan fingerprint density at radius 3 is 2.20 bits per heavy atom. The average molecular weight is 669 g/mol. The first kappa shape index (κ1) is 32.6. The van der Waals surface area contributed by atoms with E-state index in [1.54, 1.807) is 0 Å². The van der Waals surface area contributed by atoms with E-state index in [2.05, 4.69) is 10.1 Å². The Morgan fingerprint density at radius 2 is 1.62 bits per heavy atom. The molecular weight excluding hydrogens is 644 g/mol. The molecule has 2 aliphatic carbocycles. The molecule has 1 heterocycles. The van der Waals surface area contributed by atoms with Gasteiger partial charge in [-0.1, -0.05) is 18.2 Å². The minimum absolute atomic E-state index is 0.158. The predicted octanol–water partition coefficient (Wildman–Crippen LogP) is 4.99. The molecular formula is C28H24F8N2O6S. The first-order valence-corrected chi connectivity index (χ1v) is 15.0. The van der Waals surface area contributed by atoms with Gasteiger partial charge in [0.25, 0.3) is 5.91 Å². The van der Waals surface area contributed by atoms with Crippen LogP contribution in [-0.4, -0.2) is 62.8 Å². The number of fused-ring (bicyclic) bond motifs is 3. The zero-order chi connectivity index (χ0) is 33.3. The standard InChI is InChI=1S/C28H24F8N2O6S/c1-44-22(39)13-20-23(40)38(24(41)37-20)21-10-11-25(45(42,43)17-6-4-16(29)5-7-17)18-9-3-15(12-14(18)2-8-19(21)25)26(30,27(31,32)33)28(34,35)36/h3-7,9,12,19-21H,2,8,10-11,13H2,1H3,(H,37,41)/t19-,20+,21+,25+/m0/s1. The minimum atomic E-state index is -6.41. The topological polar surface area (TPSA) is 110 Å². The molecule has 3 amide bonds. The van der Waals surface area contributed by atoms with E-state index in [1.165, 1.54) is 0 Å². The molecule has 244 valence electrons. The number of sulfone groups is 1. The number of hydrogen-bond acceptors (Lipinski definition) is 6. The molecule has 0 unspecified atom stereocenters. The maximum Gasteiger partial charge on any atom is 0.435 e. The van der Waals surface area contributed by atoms with Crippen LogP contribution < -0.4 is 5.32 Å². The van der Waals surface area contributed by atoms with Gasteiger partial charge >= 0.3 is 30.0 Å². The van der Waals surface area contributed by atoms with Crippen LogP contribution in [0.5, 0.6) is 0 Å². The lowest BCUT2D eigenvalue weighted by Crippen LogP contribution is -2.52. The summed E-state index contributed by atoms with van der Waals surface area (Å²) in [7, 11) is -3.61. The molecule has 1 N–H and O–H groups in total. The second-order valence-corrected chi connectivity index (χ2v) is 13.3. The van der Waals surface area contributed by atoms with Crippen molar-refractivity contribution < 1.29 is 62.7 Å². The van der Waals surface area contributed by atoms with E-state index in [0.29, 0.717) is 12.1 Å². The summed E-state index contributed by atoms with van der Waals surface area (Å²) in [6.07, 6.45) is -14.4. The average Bonchev–Trinajstić information content (AvgIpc) is 3.48. The molecule has 4 atom stereocenters. The van der Waals surface area contributed by atoms with Crippen LogP contribution in [0, 0.1) is 11.7 Å². The second-order valence-electron chi connectivity index (χ2n) is 11.1. The molecule has 5 rings (SSSR count). The van der Waals surface area contributed by atoms with Gasteiger partial charge in [-0.05, 0) is 61.1 Å². The van der Waals surface area contributed by atoms with E-state index in [1.807, 2.05) is 0 Å². The molecule has 0 aromatic heterocycles. The number of benzene rings is 2. The first-order chi connectivity index (χ1) is 20.8. The maximum atomic E-state index is 15.0. The molecule has 2 aromatic rings. The van der Waals surface area contributed by atoms with Crippen LogP contribution in [0.15, 0.2) is 47.4 Å². The second kappa shape index (κ2) is 10.7. The SMILES string of the molecule is COC(=O)C[C@H]1NC(=O)N([C@@H]2CC[C@@]3(S(=O)(=O)c4ccc(F)cc4)c4ccc(C(F)(C(F)(F)F)C(F)(F)F)cc4CC[C@@H]23)C1=O. The highest BCUT2D eigenvalue weighted by Gasteiger charge is 2.74. The lowest BCUT2D eigenvalue weighted by molar-refractivity contribution is -0.348. The van der Waals surface area contributed by atoms with Crippen molar-refractivity contribution in [3.8, 4) is 0 Å². The van der Waals surface area contributed by atoms with Gasteiger partial charge in [0.05, 0.1) is 18.4 Å². The first-order valence-electron chi connectivity index (χ1n) is 13.5. The minimum Gasteiger partial charge on any atom is -0.469 e. The van der Waals surface area contributed by atoms with Crippen LogP contribution in [0.1, 0.15) is 42.4 Å². The number of alkyl halides is 7. The smallest absolute Gasteiger partial charge is 0.435 e. The zero-order valence-corrected chi connectivity index (χ0v) is 24.0. The van der Waals surface area contributed by atoms with Gasteiger partial charge in [-0.3, -0.25) is 14.5 Å². The molecule has 3 aliphatic rings. The fraction of sp³-hybridized carbons (Fsp3) is 0.464. The summed E-state index contributed by atoms with van der Waals surface area (Å²) in [5, 5.41) is 2.34. The van der Waals surface area contributed by atoms with Gasteiger partial charge in [-0.25, -0.2) is 22.0 Å². The van der Waals surface area contributed by atoms with E-state index in [9.17, 15) is 57.9 Å². The number of ether oxygens (including phenoxy) is 1. The number of esters is 1. The van der Waals surface area contributed by atoms with E-state index in [0.717, 1.165) is 36.3 Å². The van der Waals surface area contributed by atoms with Crippen LogP contribution in [0.4, 0.5) is 39.9 Å². The lowest BCUT2D eigenvalue weighted by atomic mass is 9.73. The summed E-state index contributed by atoms with van der Waals surface area (Å²) in [6, 6.07) is 1.46. The summed E-state index contributed by atoms with van der Waals surface area (Å²) in [5.74, 6) is -3.61.